The molecule has 0 bridgehead atoms. The zero-order valence-electron chi connectivity index (χ0n) is 15.6. The highest BCUT2D eigenvalue weighted by Crippen LogP contribution is 2.26. The summed E-state index contributed by atoms with van der Waals surface area (Å²) in [5, 5.41) is 0. The number of carbonyl (C=O) groups is 1. The predicted octanol–water partition coefficient (Wildman–Crippen LogP) is 6.80. The van der Waals surface area contributed by atoms with Crippen molar-refractivity contribution in [3.63, 3.8) is 0 Å². The average Bonchev–Trinajstić information content (AvgIpc) is 2.60. The van der Waals surface area contributed by atoms with Crippen molar-refractivity contribution >= 4 is 12.0 Å². The minimum Gasteiger partial charge on any atom is -0.423 e. The number of esters is 1. The van der Waals surface area contributed by atoms with Crippen molar-refractivity contribution in [2.24, 2.45) is 0 Å². The van der Waals surface area contributed by atoms with Crippen molar-refractivity contribution in [2.75, 3.05) is 0 Å². The fourth-order valence-corrected chi connectivity index (χ4v) is 2.72. The van der Waals surface area contributed by atoms with Crippen LogP contribution in [0.3, 0.4) is 0 Å². The third kappa shape index (κ3) is 6.10. The molecule has 0 heterocycles. The van der Waals surface area contributed by atoms with Crippen LogP contribution in [0.4, 0.5) is 26.3 Å². The molecule has 0 aliphatic rings. The van der Waals surface area contributed by atoms with Crippen LogP contribution in [-0.2, 0) is 0 Å². The van der Waals surface area contributed by atoms with Gasteiger partial charge in [0.2, 0.25) is 0 Å². The van der Waals surface area contributed by atoms with Crippen LogP contribution < -0.4 is 4.74 Å². The Morgan fingerprint density at radius 1 is 1.07 bits per heavy atom. The Morgan fingerprint density at radius 3 is 2.21 bits per heavy atom. The summed E-state index contributed by atoms with van der Waals surface area (Å²) >= 11 is 0. The molecule has 0 saturated heterocycles. The summed E-state index contributed by atoms with van der Waals surface area (Å²) in [6.07, 6.45) is -3.11. The summed E-state index contributed by atoms with van der Waals surface area (Å²) in [5.74, 6) is -5.28. The molecule has 29 heavy (non-hydrogen) atoms. The maximum absolute atomic E-state index is 14.3. The van der Waals surface area contributed by atoms with Gasteiger partial charge in [0, 0.05) is 23.8 Å². The Bertz CT molecular complexity index is 895. The Morgan fingerprint density at radius 2 is 1.69 bits per heavy atom. The first-order valence-corrected chi connectivity index (χ1v) is 8.78. The Balaban J connectivity index is 2.22. The summed E-state index contributed by atoms with van der Waals surface area (Å²) in [6, 6.07) is 5.07. The summed E-state index contributed by atoms with van der Waals surface area (Å²) < 4.78 is 83.4. The molecule has 0 amide bonds. The first-order chi connectivity index (χ1) is 13.5. The topological polar surface area (TPSA) is 26.3 Å². The number of alkyl halides is 3. The normalized spacial score (nSPS) is 13.0. The van der Waals surface area contributed by atoms with E-state index in [0.717, 1.165) is 12.8 Å². The molecule has 0 aliphatic carbocycles. The number of hydrogen-bond acceptors (Lipinski definition) is 2. The molecule has 2 aromatic rings. The lowest BCUT2D eigenvalue weighted by atomic mass is 9.95. The molecule has 0 aliphatic heterocycles. The minimum atomic E-state index is -4.75. The van der Waals surface area contributed by atoms with Crippen LogP contribution in [0.25, 0.3) is 6.08 Å². The fourth-order valence-electron chi connectivity index (χ4n) is 2.72. The van der Waals surface area contributed by atoms with Crippen LogP contribution in [0.2, 0.25) is 0 Å². The molecule has 8 heteroatoms. The van der Waals surface area contributed by atoms with Crippen LogP contribution in [0, 0.1) is 17.5 Å². The fraction of sp³-hybridized carbons (Fsp3) is 0.286. The molecule has 0 N–H and O–H groups in total. The van der Waals surface area contributed by atoms with E-state index < -0.39 is 46.5 Å². The maximum Gasteiger partial charge on any atom is 0.409 e. The molecule has 2 rings (SSSR count). The molecule has 0 aromatic heterocycles. The van der Waals surface area contributed by atoms with E-state index >= 15 is 0 Å². The Labute approximate surface area is 163 Å². The van der Waals surface area contributed by atoms with Crippen molar-refractivity contribution in [3.8, 4) is 5.75 Å². The van der Waals surface area contributed by atoms with Gasteiger partial charge in [0.1, 0.15) is 23.2 Å². The third-order valence-corrected chi connectivity index (χ3v) is 4.21. The van der Waals surface area contributed by atoms with Crippen molar-refractivity contribution in [1.29, 1.82) is 0 Å². The molecule has 1 unspecified atom stereocenters. The lowest BCUT2D eigenvalue weighted by molar-refractivity contribution is -0.0790. The van der Waals surface area contributed by atoms with Gasteiger partial charge in [-0.3, -0.25) is 0 Å². The Kier molecular flexibility index (Phi) is 7.11. The number of allylic oxidation sites excluding steroid dienone is 1. The summed E-state index contributed by atoms with van der Waals surface area (Å²) in [4.78, 5) is 12.1. The highest BCUT2D eigenvalue weighted by molar-refractivity contribution is 5.91. The third-order valence-electron chi connectivity index (χ3n) is 4.21. The van der Waals surface area contributed by atoms with Crippen molar-refractivity contribution in [1.82, 2.24) is 0 Å². The first kappa shape index (κ1) is 22.5. The summed E-state index contributed by atoms with van der Waals surface area (Å²) in [7, 11) is 0. The second-order valence-corrected chi connectivity index (χ2v) is 6.49. The number of rotatable bonds is 6. The lowest BCUT2D eigenvalue weighted by Crippen LogP contribution is -2.12. The van der Waals surface area contributed by atoms with Gasteiger partial charge in [-0.1, -0.05) is 26.3 Å². The standard InChI is InChI=1S/C21H18F6O2/c1-3-4-12(2)13-5-6-16(17(22)9-13)20(28)29-14-10-18(23)15(19(24)11-14)7-8-21(25,26)27/h5-12H,3-4H2,1-2H3/b8-7+. The van der Waals surface area contributed by atoms with Crippen molar-refractivity contribution < 1.29 is 35.9 Å². The minimum absolute atomic E-state index is 0.0834. The highest BCUT2D eigenvalue weighted by Gasteiger charge is 2.23. The number of halogens is 6. The van der Waals surface area contributed by atoms with Gasteiger partial charge in [-0.2, -0.15) is 13.2 Å². The van der Waals surface area contributed by atoms with Crippen LogP contribution in [0.5, 0.6) is 5.75 Å². The smallest absolute Gasteiger partial charge is 0.409 e. The van der Waals surface area contributed by atoms with Crippen molar-refractivity contribution in [2.45, 2.75) is 38.8 Å². The van der Waals surface area contributed by atoms with Gasteiger partial charge in [0.15, 0.2) is 0 Å². The molecule has 0 radical (unpaired) electrons. The second kappa shape index (κ2) is 9.15. The number of hydrogen-bond donors (Lipinski definition) is 0. The lowest BCUT2D eigenvalue weighted by Gasteiger charge is -2.12. The van der Waals surface area contributed by atoms with Gasteiger partial charge in [-0.15, -0.1) is 0 Å². The number of benzene rings is 2. The van der Waals surface area contributed by atoms with Crippen LogP contribution >= 0.6 is 0 Å². The highest BCUT2D eigenvalue weighted by atomic mass is 19.4. The largest absolute Gasteiger partial charge is 0.423 e. The molecule has 1 atom stereocenters. The average molecular weight is 416 g/mol. The van der Waals surface area contributed by atoms with E-state index in [4.69, 9.17) is 4.74 Å². The molecule has 0 spiro atoms. The van der Waals surface area contributed by atoms with E-state index in [0.29, 0.717) is 17.7 Å². The summed E-state index contributed by atoms with van der Waals surface area (Å²) in [5.41, 5.74) is -0.680. The van der Waals surface area contributed by atoms with Crippen LogP contribution in [0.1, 0.15) is 54.1 Å². The predicted molar refractivity (Wildman–Crippen MR) is 96.1 cm³/mol. The van der Waals surface area contributed by atoms with Gasteiger partial charge in [0.25, 0.3) is 0 Å². The van der Waals surface area contributed by atoms with E-state index in [-0.39, 0.29) is 18.1 Å². The zero-order chi connectivity index (χ0) is 21.8. The van der Waals surface area contributed by atoms with Crippen LogP contribution in [-0.4, -0.2) is 12.1 Å². The molecule has 2 nitrogen and oxygen atoms in total. The van der Waals surface area contributed by atoms with Crippen LogP contribution in [0.15, 0.2) is 36.4 Å². The second-order valence-electron chi connectivity index (χ2n) is 6.49. The molecule has 156 valence electrons. The number of ether oxygens (including phenoxy) is 1. The maximum atomic E-state index is 14.3. The molecular weight excluding hydrogens is 398 g/mol. The van der Waals surface area contributed by atoms with E-state index in [1.165, 1.54) is 12.1 Å². The van der Waals surface area contributed by atoms with E-state index in [1.807, 2.05) is 13.8 Å². The van der Waals surface area contributed by atoms with Gasteiger partial charge < -0.3 is 4.74 Å². The van der Waals surface area contributed by atoms with Crippen molar-refractivity contribution in [3.05, 3.63) is 70.5 Å². The Hall–Kier alpha value is -2.77. The van der Waals surface area contributed by atoms with Gasteiger partial charge in [-0.05, 0) is 36.1 Å². The molecule has 2 aromatic carbocycles. The van der Waals surface area contributed by atoms with Gasteiger partial charge >= 0.3 is 12.1 Å². The molecular formula is C21H18F6O2. The van der Waals surface area contributed by atoms with E-state index in [2.05, 4.69) is 0 Å². The molecule has 0 fully saturated rings. The van der Waals surface area contributed by atoms with E-state index in [1.54, 1.807) is 6.07 Å². The number of carbonyl (C=O) groups excluding carboxylic acids is 1. The monoisotopic (exact) mass is 416 g/mol. The zero-order valence-corrected chi connectivity index (χ0v) is 15.6. The quantitative estimate of drug-likeness (QED) is 0.294. The molecule has 0 saturated carbocycles. The van der Waals surface area contributed by atoms with Gasteiger partial charge in [0.05, 0.1) is 5.56 Å². The van der Waals surface area contributed by atoms with E-state index in [9.17, 15) is 31.1 Å². The van der Waals surface area contributed by atoms with Gasteiger partial charge in [-0.25, -0.2) is 18.0 Å². The SMILES string of the molecule is CCCC(C)c1ccc(C(=O)Oc2cc(F)c(/C=C/C(F)(F)F)c(F)c2)c(F)c1. The summed E-state index contributed by atoms with van der Waals surface area (Å²) in [6.45, 7) is 3.90. The first-order valence-electron chi connectivity index (χ1n) is 8.78.